The van der Waals surface area contributed by atoms with Crippen LogP contribution < -0.4 is 10.7 Å². The van der Waals surface area contributed by atoms with E-state index in [1.807, 2.05) is 32.0 Å². The number of aromatic amines is 1. The summed E-state index contributed by atoms with van der Waals surface area (Å²) in [6, 6.07) is 7.58. The number of ether oxygens (including phenoxy) is 1. The topological polar surface area (TPSA) is 54.1 Å². The predicted octanol–water partition coefficient (Wildman–Crippen LogP) is 2.35. The molecule has 0 fully saturated rings. The van der Waals surface area contributed by atoms with Crippen LogP contribution in [0.1, 0.15) is 24.6 Å². The van der Waals surface area contributed by atoms with E-state index in [4.69, 9.17) is 4.74 Å². The molecule has 0 saturated heterocycles. The maximum Gasteiger partial charge on any atom is 0.189 e. The van der Waals surface area contributed by atoms with E-state index in [2.05, 4.69) is 10.3 Å². The molecule has 2 aromatic rings. The van der Waals surface area contributed by atoms with Gasteiger partial charge in [0.1, 0.15) is 0 Å². The standard InChI is InChI=1S/C16H22N2O2/c1-3-20-8-4-7-17-11-13-10-16(19)14-9-12(2)5-6-15(14)18-13/h5-6,9-10,17H,3-4,7-8,11H2,1-2H3,(H,18,19). The van der Waals surface area contributed by atoms with Crippen LogP contribution in [-0.2, 0) is 11.3 Å². The van der Waals surface area contributed by atoms with Crippen molar-refractivity contribution in [3.8, 4) is 0 Å². The lowest BCUT2D eigenvalue weighted by atomic mass is 10.1. The summed E-state index contributed by atoms with van der Waals surface area (Å²) in [5.41, 5.74) is 3.00. The molecule has 0 radical (unpaired) electrons. The van der Waals surface area contributed by atoms with Crippen LogP contribution in [-0.4, -0.2) is 24.7 Å². The van der Waals surface area contributed by atoms with E-state index in [1.54, 1.807) is 6.07 Å². The number of pyridine rings is 1. The Labute approximate surface area is 119 Å². The van der Waals surface area contributed by atoms with Gasteiger partial charge in [-0.15, -0.1) is 0 Å². The highest BCUT2D eigenvalue weighted by Gasteiger charge is 2.02. The maximum atomic E-state index is 12.1. The summed E-state index contributed by atoms with van der Waals surface area (Å²) < 4.78 is 5.28. The van der Waals surface area contributed by atoms with Crippen LogP contribution in [0.15, 0.2) is 29.1 Å². The van der Waals surface area contributed by atoms with Gasteiger partial charge in [0.05, 0.1) is 0 Å². The fourth-order valence-electron chi connectivity index (χ4n) is 2.18. The highest BCUT2D eigenvalue weighted by molar-refractivity contribution is 5.79. The molecule has 0 saturated carbocycles. The summed E-state index contributed by atoms with van der Waals surface area (Å²) in [5.74, 6) is 0. The SMILES string of the molecule is CCOCCCNCc1cc(=O)c2cc(C)ccc2[nH]1. The lowest BCUT2D eigenvalue weighted by molar-refractivity contribution is 0.144. The van der Waals surface area contributed by atoms with Crippen molar-refractivity contribution in [2.24, 2.45) is 0 Å². The number of nitrogens with one attached hydrogen (secondary N) is 2. The molecular formula is C16H22N2O2. The minimum Gasteiger partial charge on any atom is -0.382 e. The molecule has 0 amide bonds. The average molecular weight is 274 g/mol. The average Bonchev–Trinajstić information content (AvgIpc) is 2.43. The number of hydrogen-bond acceptors (Lipinski definition) is 3. The van der Waals surface area contributed by atoms with Gasteiger partial charge in [0.2, 0.25) is 0 Å². The molecule has 108 valence electrons. The Morgan fingerprint density at radius 2 is 2.15 bits per heavy atom. The van der Waals surface area contributed by atoms with Gasteiger partial charge in [0.15, 0.2) is 5.43 Å². The van der Waals surface area contributed by atoms with Crippen LogP contribution in [0.25, 0.3) is 10.9 Å². The molecule has 1 aromatic carbocycles. The lowest BCUT2D eigenvalue weighted by Gasteiger charge is -2.07. The van der Waals surface area contributed by atoms with Crippen molar-refractivity contribution in [2.45, 2.75) is 26.8 Å². The first-order valence-corrected chi connectivity index (χ1v) is 7.11. The van der Waals surface area contributed by atoms with Crippen molar-refractivity contribution in [1.82, 2.24) is 10.3 Å². The first-order chi connectivity index (χ1) is 9.70. The number of aromatic nitrogens is 1. The number of aryl methyl sites for hydroxylation is 1. The molecule has 1 aromatic heterocycles. The molecule has 2 rings (SSSR count). The van der Waals surface area contributed by atoms with E-state index in [0.717, 1.165) is 48.3 Å². The second-order valence-electron chi connectivity index (χ2n) is 4.94. The monoisotopic (exact) mass is 274 g/mol. The third-order valence-electron chi connectivity index (χ3n) is 3.20. The van der Waals surface area contributed by atoms with Crippen molar-refractivity contribution in [3.05, 3.63) is 45.7 Å². The van der Waals surface area contributed by atoms with E-state index in [-0.39, 0.29) is 5.43 Å². The minimum atomic E-state index is 0.0774. The van der Waals surface area contributed by atoms with Gasteiger partial charge in [-0.2, -0.15) is 0 Å². The van der Waals surface area contributed by atoms with Crippen molar-refractivity contribution in [1.29, 1.82) is 0 Å². The summed E-state index contributed by atoms with van der Waals surface area (Å²) in [7, 11) is 0. The smallest absolute Gasteiger partial charge is 0.189 e. The predicted molar refractivity (Wildman–Crippen MR) is 82.1 cm³/mol. The third-order valence-corrected chi connectivity index (χ3v) is 3.20. The molecule has 4 heteroatoms. The van der Waals surface area contributed by atoms with Crippen LogP contribution in [0.2, 0.25) is 0 Å². The first kappa shape index (κ1) is 14.8. The largest absolute Gasteiger partial charge is 0.382 e. The highest BCUT2D eigenvalue weighted by Crippen LogP contribution is 2.10. The Balaban J connectivity index is 1.98. The zero-order chi connectivity index (χ0) is 14.4. The van der Waals surface area contributed by atoms with E-state index in [0.29, 0.717) is 6.54 Å². The van der Waals surface area contributed by atoms with Gasteiger partial charge in [-0.05, 0) is 38.9 Å². The van der Waals surface area contributed by atoms with Crippen LogP contribution in [0, 0.1) is 6.92 Å². The molecule has 0 unspecified atom stereocenters. The van der Waals surface area contributed by atoms with Crippen LogP contribution >= 0.6 is 0 Å². The number of hydrogen-bond donors (Lipinski definition) is 2. The molecule has 0 aliphatic rings. The van der Waals surface area contributed by atoms with Crippen LogP contribution in [0.5, 0.6) is 0 Å². The number of rotatable bonds is 7. The molecule has 4 nitrogen and oxygen atoms in total. The molecule has 1 heterocycles. The molecular weight excluding hydrogens is 252 g/mol. The van der Waals surface area contributed by atoms with Gasteiger partial charge >= 0.3 is 0 Å². The number of benzene rings is 1. The Morgan fingerprint density at radius 3 is 2.95 bits per heavy atom. The summed E-state index contributed by atoms with van der Waals surface area (Å²) in [6.45, 7) is 7.08. The number of fused-ring (bicyclic) bond motifs is 1. The third kappa shape index (κ3) is 3.92. The van der Waals surface area contributed by atoms with E-state index < -0.39 is 0 Å². The normalized spacial score (nSPS) is 11.1. The second-order valence-corrected chi connectivity index (χ2v) is 4.94. The van der Waals surface area contributed by atoms with Gasteiger partial charge in [0, 0.05) is 42.4 Å². The van der Waals surface area contributed by atoms with Crippen LogP contribution in [0.3, 0.4) is 0 Å². The van der Waals surface area contributed by atoms with E-state index in [9.17, 15) is 4.79 Å². The van der Waals surface area contributed by atoms with E-state index in [1.165, 1.54) is 0 Å². The molecule has 0 spiro atoms. The summed E-state index contributed by atoms with van der Waals surface area (Å²) >= 11 is 0. The van der Waals surface area contributed by atoms with Gasteiger partial charge in [-0.25, -0.2) is 0 Å². The van der Waals surface area contributed by atoms with Crippen molar-refractivity contribution < 1.29 is 4.74 Å². The van der Waals surface area contributed by atoms with Crippen molar-refractivity contribution in [2.75, 3.05) is 19.8 Å². The van der Waals surface area contributed by atoms with Gasteiger partial charge in [-0.1, -0.05) is 11.6 Å². The van der Waals surface area contributed by atoms with Crippen molar-refractivity contribution in [3.63, 3.8) is 0 Å². The molecule has 0 atom stereocenters. The second kappa shape index (κ2) is 7.22. The Hall–Kier alpha value is -1.65. The summed E-state index contributed by atoms with van der Waals surface area (Å²) in [6.07, 6.45) is 0.977. The molecule has 20 heavy (non-hydrogen) atoms. The maximum absolute atomic E-state index is 12.1. The zero-order valence-electron chi connectivity index (χ0n) is 12.2. The minimum absolute atomic E-state index is 0.0774. The fraction of sp³-hybridized carbons (Fsp3) is 0.438. The Morgan fingerprint density at radius 1 is 1.30 bits per heavy atom. The fourth-order valence-corrected chi connectivity index (χ4v) is 2.18. The molecule has 0 bridgehead atoms. The highest BCUT2D eigenvalue weighted by atomic mass is 16.5. The molecule has 0 aliphatic carbocycles. The molecule has 0 aliphatic heterocycles. The summed E-state index contributed by atoms with van der Waals surface area (Å²) in [5, 5.41) is 4.07. The number of H-pyrrole nitrogens is 1. The lowest BCUT2D eigenvalue weighted by Crippen LogP contribution is -2.18. The summed E-state index contributed by atoms with van der Waals surface area (Å²) in [4.78, 5) is 15.4. The van der Waals surface area contributed by atoms with Gasteiger partial charge < -0.3 is 15.0 Å². The van der Waals surface area contributed by atoms with Crippen molar-refractivity contribution >= 4 is 10.9 Å². The quantitative estimate of drug-likeness (QED) is 0.762. The van der Waals surface area contributed by atoms with Gasteiger partial charge in [-0.3, -0.25) is 4.79 Å². The van der Waals surface area contributed by atoms with E-state index >= 15 is 0 Å². The van der Waals surface area contributed by atoms with Gasteiger partial charge in [0.25, 0.3) is 0 Å². The van der Waals surface area contributed by atoms with Crippen LogP contribution in [0.4, 0.5) is 0 Å². The Bertz CT molecular complexity index is 619. The Kier molecular flexibility index (Phi) is 5.32. The first-order valence-electron chi connectivity index (χ1n) is 7.11. The zero-order valence-corrected chi connectivity index (χ0v) is 12.2. The molecule has 2 N–H and O–H groups in total.